The summed E-state index contributed by atoms with van der Waals surface area (Å²) in [5.74, 6) is 2.61. The second kappa shape index (κ2) is 4.38. The predicted molar refractivity (Wildman–Crippen MR) is 64.0 cm³/mol. The van der Waals surface area contributed by atoms with E-state index in [1.54, 1.807) is 0 Å². The van der Waals surface area contributed by atoms with Gasteiger partial charge in [-0.05, 0) is 37.0 Å². The first-order valence-electron chi connectivity index (χ1n) is 6.67. The highest BCUT2D eigenvalue weighted by atomic mass is 16.5. The van der Waals surface area contributed by atoms with Gasteiger partial charge in [-0.3, -0.25) is 4.79 Å². The lowest BCUT2D eigenvalue weighted by Crippen LogP contribution is -2.27. The smallest absolute Gasteiger partial charge is 0.306 e. The van der Waals surface area contributed by atoms with Crippen LogP contribution in [0.5, 0.6) is 0 Å². The summed E-state index contributed by atoms with van der Waals surface area (Å²) >= 11 is 0. The molecule has 2 aliphatic carbocycles. The maximum Gasteiger partial charge on any atom is 0.306 e. The van der Waals surface area contributed by atoms with Gasteiger partial charge in [-0.1, -0.05) is 27.2 Å². The van der Waals surface area contributed by atoms with E-state index in [0.717, 1.165) is 24.4 Å². The molecule has 1 spiro atoms. The number of hydrogen-bond donors (Lipinski definition) is 0. The highest BCUT2D eigenvalue weighted by Gasteiger charge is 2.55. The SMILES string of the molecule is CC(C)C.O=C1CC2(CO1)CC1CCC2C1. The van der Waals surface area contributed by atoms with Crippen LogP contribution in [0, 0.1) is 23.2 Å². The van der Waals surface area contributed by atoms with Crippen LogP contribution in [-0.4, -0.2) is 12.6 Å². The number of rotatable bonds is 0. The van der Waals surface area contributed by atoms with Gasteiger partial charge in [-0.25, -0.2) is 0 Å². The quantitative estimate of drug-likeness (QED) is 0.589. The lowest BCUT2D eigenvalue weighted by molar-refractivity contribution is -0.137. The largest absolute Gasteiger partial charge is 0.465 e. The zero-order valence-corrected chi connectivity index (χ0v) is 10.8. The molecule has 1 saturated heterocycles. The number of esters is 1. The highest BCUT2D eigenvalue weighted by Crippen LogP contribution is 2.59. The van der Waals surface area contributed by atoms with Crippen LogP contribution in [0.25, 0.3) is 0 Å². The van der Waals surface area contributed by atoms with Crippen LogP contribution < -0.4 is 0 Å². The molecule has 16 heavy (non-hydrogen) atoms. The molecule has 0 N–H and O–H groups in total. The minimum absolute atomic E-state index is 0.0440. The van der Waals surface area contributed by atoms with Crippen LogP contribution in [0.15, 0.2) is 0 Å². The summed E-state index contributed by atoms with van der Waals surface area (Å²) in [5.41, 5.74) is 0.306. The summed E-state index contributed by atoms with van der Waals surface area (Å²) in [4.78, 5) is 11.1. The van der Waals surface area contributed by atoms with Crippen LogP contribution in [0.3, 0.4) is 0 Å². The Labute approximate surface area is 98.7 Å². The molecule has 0 aromatic carbocycles. The van der Waals surface area contributed by atoms with Gasteiger partial charge in [0.2, 0.25) is 0 Å². The first kappa shape index (κ1) is 11.9. The van der Waals surface area contributed by atoms with E-state index in [4.69, 9.17) is 4.74 Å². The lowest BCUT2D eigenvalue weighted by atomic mass is 9.73. The Morgan fingerprint density at radius 3 is 2.38 bits per heavy atom. The van der Waals surface area contributed by atoms with Crippen LogP contribution in [0.1, 0.15) is 52.9 Å². The molecule has 2 saturated carbocycles. The van der Waals surface area contributed by atoms with E-state index in [1.165, 1.54) is 25.7 Å². The van der Waals surface area contributed by atoms with Crippen molar-refractivity contribution in [3.63, 3.8) is 0 Å². The Bertz CT molecular complexity index is 269. The highest BCUT2D eigenvalue weighted by molar-refractivity contribution is 5.72. The van der Waals surface area contributed by atoms with E-state index in [1.807, 2.05) is 0 Å². The maximum atomic E-state index is 11.1. The van der Waals surface area contributed by atoms with Gasteiger partial charge in [0.1, 0.15) is 0 Å². The summed E-state index contributed by atoms with van der Waals surface area (Å²) in [6.45, 7) is 7.23. The fraction of sp³-hybridized carbons (Fsp3) is 0.929. The van der Waals surface area contributed by atoms with Crippen LogP contribution in [0.4, 0.5) is 0 Å². The van der Waals surface area contributed by atoms with E-state index in [0.29, 0.717) is 11.8 Å². The molecular weight excluding hydrogens is 200 g/mol. The Kier molecular flexibility index (Phi) is 3.27. The van der Waals surface area contributed by atoms with Crippen molar-refractivity contribution >= 4 is 5.97 Å². The summed E-state index contributed by atoms with van der Waals surface area (Å²) < 4.78 is 5.10. The molecule has 2 nitrogen and oxygen atoms in total. The summed E-state index contributed by atoms with van der Waals surface area (Å²) in [7, 11) is 0. The summed E-state index contributed by atoms with van der Waals surface area (Å²) in [5, 5.41) is 0. The zero-order valence-electron chi connectivity index (χ0n) is 10.8. The van der Waals surface area contributed by atoms with Crippen LogP contribution >= 0.6 is 0 Å². The number of fused-ring (bicyclic) bond motifs is 3. The van der Waals surface area contributed by atoms with Gasteiger partial charge in [-0.15, -0.1) is 0 Å². The fourth-order valence-corrected chi connectivity index (χ4v) is 3.57. The first-order valence-corrected chi connectivity index (χ1v) is 6.67. The van der Waals surface area contributed by atoms with Crippen molar-refractivity contribution < 1.29 is 9.53 Å². The molecule has 3 atom stereocenters. The van der Waals surface area contributed by atoms with Gasteiger partial charge < -0.3 is 4.74 Å². The molecule has 1 heterocycles. The average molecular weight is 224 g/mol. The molecule has 1 aliphatic heterocycles. The molecule has 3 aliphatic rings. The normalized spacial score (nSPS) is 40.1. The van der Waals surface area contributed by atoms with Crippen LogP contribution in [-0.2, 0) is 9.53 Å². The molecule has 3 unspecified atom stereocenters. The Morgan fingerprint density at radius 1 is 1.31 bits per heavy atom. The Morgan fingerprint density at radius 2 is 2.00 bits per heavy atom. The topological polar surface area (TPSA) is 26.3 Å². The van der Waals surface area contributed by atoms with E-state index in [2.05, 4.69) is 20.8 Å². The average Bonchev–Trinajstić information content (AvgIpc) is 2.81. The standard InChI is InChI=1S/C10H14O2.C4H10/c11-9-5-10(6-12-9)4-7-1-2-8(10)3-7;1-4(2)3/h7-8H,1-6H2;4H,1-3H3. The maximum absolute atomic E-state index is 11.1. The van der Waals surface area contributed by atoms with E-state index >= 15 is 0 Å². The molecule has 2 heteroatoms. The van der Waals surface area contributed by atoms with Gasteiger partial charge in [0.05, 0.1) is 13.0 Å². The molecule has 3 fully saturated rings. The monoisotopic (exact) mass is 224 g/mol. The molecule has 0 radical (unpaired) electrons. The summed E-state index contributed by atoms with van der Waals surface area (Å²) in [6, 6.07) is 0. The zero-order chi connectivity index (χ0) is 11.8. The molecule has 92 valence electrons. The third kappa shape index (κ3) is 2.26. The Balaban J connectivity index is 0.000000212. The lowest BCUT2D eigenvalue weighted by Gasteiger charge is -2.30. The predicted octanol–water partition coefficient (Wildman–Crippen LogP) is 3.40. The van der Waals surface area contributed by atoms with Gasteiger partial charge >= 0.3 is 5.97 Å². The number of carbonyl (C=O) groups is 1. The van der Waals surface area contributed by atoms with Gasteiger partial charge in [0.25, 0.3) is 0 Å². The fourth-order valence-electron chi connectivity index (χ4n) is 3.57. The van der Waals surface area contributed by atoms with Gasteiger partial charge in [-0.2, -0.15) is 0 Å². The minimum atomic E-state index is 0.0440. The third-order valence-corrected chi connectivity index (χ3v) is 4.12. The van der Waals surface area contributed by atoms with E-state index in [9.17, 15) is 4.79 Å². The van der Waals surface area contributed by atoms with Crippen LogP contribution in [0.2, 0.25) is 0 Å². The Hall–Kier alpha value is -0.530. The van der Waals surface area contributed by atoms with Crippen molar-refractivity contribution in [3.8, 4) is 0 Å². The van der Waals surface area contributed by atoms with Crippen molar-refractivity contribution in [2.24, 2.45) is 23.2 Å². The first-order chi connectivity index (χ1) is 7.52. The minimum Gasteiger partial charge on any atom is -0.465 e. The van der Waals surface area contributed by atoms with Crippen molar-refractivity contribution in [3.05, 3.63) is 0 Å². The molecule has 2 bridgehead atoms. The number of carbonyl (C=O) groups excluding carboxylic acids is 1. The number of cyclic esters (lactones) is 1. The van der Waals surface area contributed by atoms with E-state index in [-0.39, 0.29) is 5.97 Å². The number of ether oxygens (including phenoxy) is 1. The van der Waals surface area contributed by atoms with Crippen molar-refractivity contribution in [2.75, 3.05) is 6.61 Å². The van der Waals surface area contributed by atoms with Crippen molar-refractivity contribution in [2.45, 2.75) is 52.9 Å². The third-order valence-electron chi connectivity index (χ3n) is 4.12. The molecular formula is C14H24O2. The molecule has 0 aromatic heterocycles. The van der Waals surface area contributed by atoms with Gasteiger partial charge in [0, 0.05) is 5.41 Å². The van der Waals surface area contributed by atoms with Gasteiger partial charge in [0.15, 0.2) is 0 Å². The summed E-state index contributed by atoms with van der Waals surface area (Å²) in [6.07, 6.45) is 6.11. The molecule has 0 aromatic rings. The molecule has 0 amide bonds. The van der Waals surface area contributed by atoms with Crippen molar-refractivity contribution in [1.29, 1.82) is 0 Å². The van der Waals surface area contributed by atoms with Crippen molar-refractivity contribution in [1.82, 2.24) is 0 Å². The number of hydrogen-bond acceptors (Lipinski definition) is 2. The van der Waals surface area contributed by atoms with E-state index < -0.39 is 0 Å². The second-order valence-electron chi connectivity index (χ2n) is 6.51. The molecule has 3 rings (SSSR count). The second-order valence-corrected chi connectivity index (χ2v) is 6.51.